The van der Waals surface area contributed by atoms with E-state index >= 15 is 0 Å². The number of amides is 3. The summed E-state index contributed by atoms with van der Waals surface area (Å²) >= 11 is 6.01. The maximum Gasteiger partial charge on any atom is 0.329 e. The van der Waals surface area contributed by atoms with E-state index in [-0.39, 0.29) is 22.9 Å². The first-order valence-electron chi connectivity index (χ1n) is 9.36. The van der Waals surface area contributed by atoms with E-state index in [0.717, 1.165) is 5.56 Å². The van der Waals surface area contributed by atoms with E-state index in [1.54, 1.807) is 56.3 Å². The molecule has 0 bridgehead atoms. The highest BCUT2D eigenvalue weighted by atomic mass is 35.5. The zero-order valence-electron chi connectivity index (χ0n) is 16.7. The number of hydrogen-bond donors (Lipinski definition) is 2. The molecule has 2 aromatic carbocycles. The van der Waals surface area contributed by atoms with Gasteiger partial charge in [-0.3, -0.25) is 19.7 Å². The number of nitrogens with one attached hydrogen (secondary N) is 2. The van der Waals surface area contributed by atoms with Crippen LogP contribution in [0.1, 0.15) is 29.8 Å². The van der Waals surface area contributed by atoms with Crippen LogP contribution in [0.15, 0.2) is 54.6 Å². The Morgan fingerprint density at radius 2 is 1.57 bits per heavy atom. The highest BCUT2D eigenvalue weighted by molar-refractivity contribution is 6.33. The highest BCUT2D eigenvalue weighted by Gasteiger charge is 2.27. The molecule has 158 valence electrons. The molecule has 2 N–H and O–H groups in total. The number of halogens is 1. The lowest BCUT2D eigenvalue weighted by Gasteiger charge is -2.21. The van der Waals surface area contributed by atoms with Crippen LogP contribution in [0.5, 0.6) is 0 Å². The molecule has 0 unspecified atom stereocenters. The Balaban J connectivity index is 1.87. The highest BCUT2D eigenvalue weighted by Crippen LogP contribution is 2.15. The van der Waals surface area contributed by atoms with Crippen LogP contribution < -0.4 is 10.6 Å². The number of ether oxygens (including phenoxy) is 1. The van der Waals surface area contributed by atoms with Gasteiger partial charge in [0.15, 0.2) is 6.61 Å². The van der Waals surface area contributed by atoms with Gasteiger partial charge < -0.3 is 10.1 Å². The van der Waals surface area contributed by atoms with E-state index in [1.807, 2.05) is 6.07 Å². The monoisotopic (exact) mass is 430 g/mol. The first-order valence-corrected chi connectivity index (χ1v) is 9.74. The minimum Gasteiger partial charge on any atom is -0.454 e. The molecule has 0 heterocycles. The Morgan fingerprint density at radius 1 is 0.933 bits per heavy atom. The van der Waals surface area contributed by atoms with Crippen LogP contribution in [0, 0.1) is 5.92 Å². The van der Waals surface area contributed by atoms with E-state index in [2.05, 4.69) is 10.6 Å². The van der Waals surface area contributed by atoms with Crippen LogP contribution in [0.2, 0.25) is 5.02 Å². The van der Waals surface area contributed by atoms with Gasteiger partial charge in [0, 0.05) is 0 Å². The minimum atomic E-state index is -0.985. The lowest BCUT2D eigenvalue weighted by molar-refractivity contribution is -0.152. The summed E-state index contributed by atoms with van der Waals surface area (Å²) in [6.45, 7) is 2.81. The van der Waals surface area contributed by atoms with Crippen molar-refractivity contribution in [2.24, 2.45) is 5.92 Å². The SMILES string of the molecule is CC(C)[C@@H](NC(=O)c1ccccc1Cl)C(=O)OCC(=O)NC(=O)Cc1ccccc1. The summed E-state index contributed by atoms with van der Waals surface area (Å²) in [5.41, 5.74) is 0.976. The van der Waals surface area contributed by atoms with Crippen molar-refractivity contribution < 1.29 is 23.9 Å². The van der Waals surface area contributed by atoms with E-state index in [4.69, 9.17) is 16.3 Å². The predicted octanol–water partition coefficient (Wildman–Crippen LogP) is 2.52. The van der Waals surface area contributed by atoms with Crippen molar-refractivity contribution in [1.29, 1.82) is 0 Å². The Bertz CT molecular complexity index is 915. The van der Waals surface area contributed by atoms with Crippen LogP contribution in [-0.4, -0.2) is 36.3 Å². The van der Waals surface area contributed by atoms with Gasteiger partial charge in [-0.1, -0.05) is 67.9 Å². The van der Waals surface area contributed by atoms with Crippen molar-refractivity contribution in [1.82, 2.24) is 10.6 Å². The zero-order chi connectivity index (χ0) is 22.1. The molecule has 0 saturated heterocycles. The average molecular weight is 431 g/mol. The number of benzene rings is 2. The van der Waals surface area contributed by atoms with Crippen molar-refractivity contribution in [3.63, 3.8) is 0 Å². The zero-order valence-corrected chi connectivity index (χ0v) is 17.4. The normalized spacial score (nSPS) is 11.5. The second-order valence-electron chi connectivity index (χ2n) is 6.92. The number of carbonyl (C=O) groups excluding carboxylic acids is 4. The molecule has 0 spiro atoms. The molecule has 2 rings (SSSR count). The molecule has 0 saturated carbocycles. The van der Waals surface area contributed by atoms with Crippen LogP contribution >= 0.6 is 11.6 Å². The minimum absolute atomic E-state index is 0.0308. The van der Waals surface area contributed by atoms with Crippen LogP contribution in [0.3, 0.4) is 0 Å². The van der Waals surface area contributed by atoms with E-state index in [9.17, 15) is 19.2 Å². The van der Waals surface area contributed by atoms with Crippen LogP contribution in [0.4, 0.5) is 0 Å². The largest absolute Gasteiger partial charge is 0.454 e. The third-order valence-electron chi connectivity index (χ3n) is 4.16. The molecule has 7 nitrogen and oxygen atoms in total. The number of rotatable bonds is 8. The molecule has 0 aliphatic heterocycles. The Labute approximate surface area is 179 Å². The molecule has 2 aromatic rings. The van der Waals surface area contributed by atoms with E-state index in [0.29, 0.717) is 0 Å². The van der Waals surface area contributed by atoms with Crippen LogP contribution in [0.25, 0.3) is 0 Å². The molecular weight excluding hydrogens is 408 g/mol. The van der Waals surface area contributed by atoms with Crippen molar-refractivity contribution in [2.45, 2.75) is 26.3 Å². The number of esters is 1. The molecule has 1 atom stereocenters. The smallest absolute Gasteiger partial charge is 0.329 e. The molecule has 8 heteroatoms. The summed E-state index contributed by atoms with van der Waals surface area (Å²) in [6.07, 6.45) is 0.0308. The van der Waals surface area contributed by atoms with Crippen molar-refractivity contribution >= 4 is 35.3 Å². The predicted molar refractivity (Wildman–Crippen MR) is 112 cm³/mol. The van der Waals surface area contributed by atoms with Gasteiger partial charge in [0.1, 0.15) is 6.04 Å². The molecule has 0 aliphatic carbocycles. The van der Waals surface area contributed by atoms with Gasteiger partial charge in [0.2, 0.25) is 5.91 Å². The van der Waals surface area contributed by atoms with Gasteiger partial charge in [-0.2, -0.15) is 0 Å². The third-order valence-corrected chi connectivity index (χ3v) is 4.49. The summed E-state index contributed by atoms with van der Waals surface area (Å²) in [4.78, 5) is 48.6. The third kappa shape index (κ3) is 7.00. The first kappa shape index (κ1) is 23.1. The van der Waals surface area contributed by atoms with Gasteiger partial charge in [-0.05, 0) is 23.6 Å². The fraction of sp³-hybridized carbons (Fsp3) is 0.273. The number of imide groups is 1. The van der Waals surface area contributed by atoms with Gasteiger partial charge >= 0.3 is 5.97 Å². The molecular formula is C22H23ClN2O5. The second kappa shape index (κ2) is 11.1. The van der Waals surface area contributed by atoms with Gasteiger partial charge in [0.25, 0.3) is 11.8 Å². The quantitative estimate of drug-likeness (QED) is 0.626. The van der Waals surface area contributed by atoms with Crippen molar-refractivity contribution in [3.8, 4) is 0 Å². The first-order chi connectivity index (χ1) is 14.3. The summed E-state index contributed by atoms with van der Waals surface area (Å²) in [6, 6.07) is 14.4. The maximum absolute atomic E-state index is 12.4. The van der Waals surface area contributed by atoms with Gasteiger partial charge in [0.05, 0.1) is 17.0 Å². The molecule has 0 aliphatic rings. The fourth-order valence-electron chi connectivity index (χ4n) is 2.61. The summed E-state index contributed by atoms with van der Waals surface area (Å²) in [5, 5.41) is 4.99. The standard InChI is InChI=1S/C22H23ClN2O5/c1-14(2)20(25-21(28)16-10-6-7-11-17(16)23)22(29)30-13-19(27)24-18(26)12-15-8-4-3-5-9-15/h3-11,14,20H,12-13H2,1-2H3,(H,25,28)(H,24,26,27)/t20-/m1/s1. The van der Waals surface area contributed by atoms with Crippen LogP contribution in [-0.2, 0) is 25.5 Å². The Kier molecular flexibility index (Phi) is 8.55. The van der Waals surface area contributed by atoms with E-state index < -0.39 is 36.3 Å². The number of carbonyl (C=O) groups is 4. The van der Waals surface area contributed by atoms with Crippen molar-refractivity contribution in [3.05, 3.63) is 70.7 Å². The van der Waals surface area contributed by atoms with Gasteiger partial charge in [-0.15, -0.1) is 0 Å². The Morgan fingerprint density at radius 3 is 2.20 bits per heavy atom. The lowest BCUT2D eigenvalue weighted by atomic mass is 10.0. The summed E-state index contributed by atoms with van der Waals surface area (Å²) in [5.74, 6) is -2.86. The molecule has 30 heavy (non-hydrogen) atoms. The molecule has 0 fully saturated rings. The average Bonchev–Trinajstić information content (AvgIpc) is 2.70. The fourth-order valence-corrected chi connectivity index (χ4v) is 2.83. The second-order valence-corrected chi connectivity index (χ2v) is 7.32. The summed E-state index contributed by atoms with van der Waals surface area (Å²) in [7, 11) is 0. The summed E-state index contributed by atoms with van der Waals surface area (Å²) < 4.78 is 4.99. The van der Waals surface area contributed by atoms with Crippen molar-refractivity contribution in [2.75, 3.05) is 6.61 Å². The van der Waals surface area contributed by atoms with Gasteiger partial charge in [-0.25, -0.2) is 4.79 Å². The maximum atomic E-state index is 12.4. The molecule has 0 aromatic heterocycles. The molecule has 0 radical (unpaired) electrons. The number of hydrogen-bond acceptors (Lipinski definition) is 5. The molecule has 3 amide bonds. The Hall–Kier alpha value is -3.19. The topological polar surface area (TPSA) is 102 Å². The lowest BCUT2D eigenvalue weighted by Crippen LogP contribution is -2.46. The van der Waals surface area contributed by atoms with E-state index in [1.165, 1.54) is 6.07 Å².